The van der Waals surface area contributed by atoms with E-state index < -0.39 is 6.10 Å². The fraction of sp³-hybridized carbons (Fsp3) is 0.414. The predicted molar refractivity (Wildman–Crippen MR) is 143 cm³/mol. The van der Waals surface area contributed by atoms with Crippen molar-refractivity contribution in [2.75, 3.05) is 31.5 Å². The van der Waals surface area contributed by atoms with E-state index in [1.165, 1.54) is 16.8 Å². The van der Waals surface area contributed by atoms with Crippen LogP contribution in [0.1, 0.15) is 52.9 Å². The van der Waals surface area contributed by atoms with Crippen molar-refractivity contribution in [3.05, 3.63) is 82.8 Å². The lowest BCUT2D eigenvalue weighted by molar-refractivity contribution is 0.0945. The highest BCUT2D eigenvalue weighted by Gasteiger charge is 2.36. The number of nitrogens with one attached hydrogen (secondary N) is 1. The lowest BCUT2D eigenvalue weighted by atomic mass is 9.83. The first kappa shape index (κ1) is 25.9. The number of urea groups is 1. The van der Waals surface area contributed by atoms with Crippen LogP contribution in [0.15, 0.2) is 54.6 Å². The fourth-order valence-corrected chi connectivity index (χ4v) is 5.55. The van der Waals surface area contributed by atoms with Gasteiger partial charge in [0.2, 0.25) is 0 Å². The maximum absolute atomic E-state index is 13.5. The topological polar surface area (TPSA) is 90.7 Å². The van der Waals surface area contributed by atoms with Gasteiger partial charge in [-0.3, -0.25) is 4.79 Å². The van der Waals surface area contributed by atoms with E-state index in [2.05, 4.69) is 12.2 Å². The van der Waals surface area contributed by atoms with Crippen molar-refractivity contribution in [2.24, 2.45) is 5.92 Å². The van der Waals surface area contributed by atoms with Crippen LogP contribution in [0.2, 0.25) is 0 Å². The summed E-state index contributed by atoms with van der Waals surface area (Å²) < 4.78 is 14.8. The third-order valence-corrected chi connectivity index (χ3v) is 7.71. The van der Waals surface area contributed by atoms with Crippen LogP contribution in [0, 0.1) is 18.7 Å². The van der Waals surface area contributed by atoms with Crippen LogP contribution < -0.4 is 5.32 Å². The molecule has 200 valence electrons. The molecule has 9 heteroatoms. The number of benzene rings is 2. The lowest BCUT2D eigenvalue weighted by Gasteiger charge is -2.38. The number of anilines is 1. The zero-order chi connectivity index (χ0) is 26.8. The molecule has 2 aliphatic heterocycles. The maximum atomic E-state index is 13.5. The number of hydrogen-bond donors (Lipinski definition) is 2. The molecule has 0 aliphatic carbocycles. The van der Waals surface area contributed by atoms with Gasteiger partial charge in [-0.25, -0.2) is 9.18 Å². The van der Waals surface area contributed by atoms with E-state index in [0.29, 0.717) is 50.5 Å². The molecule has 2 N–H and O–H groups in total. The number of nitrogens with zero attached hydrogens (tertiary/aromatic N) is 4. The van der Waals surface area contributed by atoms with Crippen LogP contribution in [-0.4, -0.2) is 68.9 Å². The Morgan fingerprint density at radius 2 is 1.71 bits per heavy atom. The number of halogens is 1. The standard InChI is InChI=1S/C29H34FN5O3/c1-19-17-33(29(38)34-14-12-24(36)18-34)15-13-25(19)26-20(2)27(31-16-21-8-10-23(30)11-9-21)35(32-26)28(37)22-6-4-3-5-7-22/h3-11,19,24-25,31,36H,12-18H2,1-2H3. The molecule has 2 amide bonds. The van der Waals surface area contributed by atoms with E-state index in [9.17, 15) is 19.1 Å². The van der Waals surface area contributed by atoms with Crippen molar-refractivity contribution in [2.45, 2.75) is 45.3 Å². The number of aliphatic hydroxyl groups is 1. The summed E-state index contributed by atoms with van der Waals surface area (Å²) in [6.45, 7) is 6.67. The first-order chi connectivity index (χ1) is 18.3. The van der Waals surface area contributed by atoms with Gasteiger partial charge in [0.1, 0.15) is 11.6 Å². The molecule has 0 spiro atoms. The zero-order valence-electron chi connectivity index (χ0n) is 21.8. The number of aliphatic hydroxyl groups excluding tert-OH is 1. The number of carbonyl (C=O) groups is 2. The Balaban J connectivity index is 1.39. The molecule has 2 fully saturated rings. The molecule has 1 aromatic heterocycles. The van der Waals surface area contributed by atoms with E-state index in [1.54, 1.807) is 29.2 Å². The lowest BCUT2D eigenvalue weighted by Crippen LogP contribution is -2.48. The minimum atomic E-state index is -0.441. The average Bonchev–Trinajstić information content (AvgIpc) is 3.51. The first-order valence-corrected chi connectivity index (χ1v) is 13.2. The zero-order valence-corrected chi connectivity index (χ0v) is 21.8. The van der Waals surface area contributed by atoms with E-state index in [0.717, 1.165) is 23.2 Å². The Morgan fingerprint density at radius 3 is 2.37 bits per heavy atom. The van der Waals surface area contributed by atoms with Crippen LogP contribution in [0.3, 0.4) is 0 Å². The highest BCUT2D eigenvalue weighted by Crippen LogP contribution is 2.37. The molecule has 3 unspecified atom stereocenters. The smallest absolute Gasteiger partial charge is 0.320 e. The second kappa shape index (κ2) is 10.9. The number of amides is 2. The Labute approximate surface area is 222 Å². The molecule has 38 heavy (non-hydrogen) atoms. The van der Waals surface area contributed by atoms with Gasteiger partial charge in [-0.1, -0.05) is 37.3 Å². The summed E-state index contributed by atoms with van der Waals surface area (Å²) in [7, 11) is 0. The highest BCUT2D eigenvalue weighted by molar-refractivity contribution is 5.97. The molecule has 0 radical (unpaired) electrons. The van der Waals surface area contributed by atoms with Crippen molar-refractivity contribution in [3.63, 3.8) is 0 Å². The molecule has 3 heterocycles. The average molecular weight is 520 g/mol. The Morgan fingerprint density at radius 1 is 1.03 bits per heavy atom. The second-order valence-electron chi connectivity index (χ2n) is 10.4. The van der Waals surface area contributed by atoms with Crippen molar-refractivity contribution in [1.29, 1.82) is 0 Å². The van der Waals surface area contributed by atoms with Gasteiger partial charge in [-0.2, -0.15) is 9.78 Å². The quantitative estimate of drug-likeness (QED) is 0.526. The Bertz CT molecular complexity index is 1290. The number of aromatic nitrogens is 2. The minimum absolute atomic E-state index is 0.0185. The molecule has 0 saturated carbocycles. The molecule has 3 aromatic rings. The largest absolute Gasteiger partial charge is 0.391 e. The molecular formula is C29H34FN5O3. The number of carbonyl (C=O) groups excluding carboxylic acids is 2. The van der Waals surface area contributed by atoms with Crippen LogP contribution >= 0.6 is 0 Å². The molecule has 3 atom stereocenters. The Hall–Kier alpha value is -3.72. The fourth-order valence-electron chi connectivity index (χ4n) is 5.55. The maximum Gasteiger partial charge on any atom is 0.320 e. The Kier molecular flexibility index (Phi) is 7.46. The summed E-state index contributed by atoms with van der Waals surface area (Å²) in [4.78, 5) is 30.1. The molecule has 2 saturated heterocycles. The van der Waals surface area contributed by atoms with Crippen molar-refractivity contribution in [3.8, 4) is 0 Å². The summed E-state index contributed by atoms with van der Waals surface area (Å²) in [5.41, 5.74) is 3.18. The van der Waals surface area contributed by atoms with E-state index in [-0.39, 0.29) is 29.6 Å². The summed E-state index contributed by atoms with van der Waals surface area (Å²) in [5, 5.41) is 18.0. The first-order valence-electron chi connectivity index (χ1n) is 13.2. The SMILES string of the molecule is Cc1c(C2CCN(C(=O)N3CCC(O)C3)CC2C)nn(C(=O)c2ccccc2)c1NCc1ccc(F)cc1. The van der Waals surface area contributed by atoms with Gasteiger partial charge in [0.25, 0.3) is 5.91 Å². The molecular weight excluding hydrogens is 485 g/mol. The van der Waals surface area contributed by atoms with Gasteiger partial charge in [0, 0.05) is 49.8 Å². The van der Waals surface area contributed by atoms with Crippen LogP contribution in [0.5, 0.6) is 0 Å². The van der Waals surface area contributed by atoms with Crippen LogP contribution in [0.25, 0.3) is 0 Å². The minimum Gasteiger partial charge on any atom is -0.391 e. The van der Waals surface area contributed by atoms with E-state index >= 15 is 0 Å². The molecule has 2 aromatic carbocycles. The van der Waals surface area contributed by atoms with E-state index in [1.807, 2.05) is 30.0 Å². The third-order valence-electron chi connectivity index (χ3n) is 7.71. The van der Waals surface area contributed by atoms with Gasteiger partial charge in [-0.15, -0.1) is 0 Å². The summed E-state index contributed by atoms with van der Waals surface area (Å²) in [5.74, 6) is 0.319. The second-order valence-corrected chi connectivity index (χ2v) is 10.4. The van der Waals surface area contributed by atoms with Gasteiger partial charge in [0.05, 0.1) is 11.8 Å². The monoisotopic (exact) mass is 519 g/mol. The molecule has 5 rings (SSSR count). The number of likely N-dealkylation sites (tertiary alicyclic amines) is 2. The van der Waals surface area contributed by atoms with Crippen molar-refractivity contribution >= 4 is 17.8 Å². The van der Waals surface area contributed by atoms with Gasteiger partial charge < -0.3 is 20.2 Å². The molecule has 0 bridgehead atoms. The summed E-state index contributed by atoms with van der Waals surface area (Å²) in [6.07, 6.45) is 0.916. The predicted octanol–water partition coefficient (Wildman–Crippen LogP) is 4.24. The third kappa shape index (κ3) is 5.29. The van der Waals surface area contributed by atoms with Gasteiger partial charge >= 0.3 is 6.03 Å². The van der Waals surface area contributed by atoms with Crippen molar-refractivity contribution in [1.82, 2.24) is 19.6 Å². The molecule has 8 nitrogen and oxygen atoms in total. The van der Waals surface area contributed by atoms with Crippen molar-refractivity contribution < 1.29 is 19.1 Å². The van der Waals surface area contributed by atoms with Gasteiger partial charge in [-0.05, 0) is 55.5 Å². The number of piperidine rings is 1. The number of hydrogen-bond acceptors (Lipinski definition) is 5. The van der Waals surface area contributed by atoms with Gasteiger partial charge in [0.15, 0.2) is 0 Å². The van der Waals surface area contributed by atoms with E-state index in [4.69, 9.17) is 5.10 Å². The number of β-amino-alcohol motifs (C(OH)–C–C–N with tert-alkyl or cyclic N) is 1. The summed E-state index contributed by atoms with van der Waals surface area (Å²) >= 11 is 0. The number of rotatable bonds is 5. The normalized spacial score (nSPS) is 21.5. The van der Waals surface area contributed by atoms with Crippen LogP contribution in [0.4, 0.5) is 15.0 Å². The summed E-state index contributed by atoms with van der Waals surface area (Å²) in [6, 6.07) is 15.3. The van der Waals surface area contributed by atoms with Crippen LogP contribution in [-0.2, 0) is 6.54 Å². The highest BCUT2D eigenvalue weighted by atomic mass is 19.1. The molecule has 2 aliphatic rings.